The zero-order valence-electron chi connectivity index (χ0n) is 24.0. The Balaban J connectivity index is 2.15. The molecule has 44 heavy (non-hydrogen) atoms. The van der Waals surface area contributed by atoms with Gasteiger partial charge in [-0.3, -0.25) is 13.9 Å². The van der Waals surface area contributed by atoms with Gasteiger partial charge in [-0.05, 0) is 41.8 Å². The van der Waals surface area contributed by atoms with Crippen molar-refractivity contribution in [3.8, 4) is 0 Å². The predicted octanol–water partition coefficient (Wildman–Crippen LogP) is 6.84. The van der Waals surface area contributed by atoms with Gasteiger partial charge in [-0.2, -0.15) is 13.2 Å². The van der Waals surface area contributed by atoms with Crippen LogP contribution < -0.4 is 9.62 Å². The summed E-state index contributed by atoms with van der Waals surface area (Å²) >= 11 is 19.0. The van der Waals surface area contributed by atoms with Crippen LogP contribution in [0.1, 0.15) is 30.5 Å². The van der Waals surface area contributed by atoms with E-state index < -0.39 is 51.9 Å². The average Bonchev–Trinajstić information content (AvgIpc) is 2.93. The highest BCUT2D eigenvalue weighted by Crippen LogP contribution is 2.36. The van der Waals surface area contributed by atoms with Gasteiger partial charge < -0.3 is 10.2 Å². The molecule has 0 aliphatic rings. The summed E-state index contributed by atoms with van der Waals surface area (Å²) in [5, 5.41) is 2.88. The third-order valence-corrected chi connectivity index (χ3v) is 8.72. The number of rotatable bonds is 12. The lowest BCUT2D eigenvalue weighted by Crippen LogP contribution is -2.53. The van der Waals surface area contributed by atoms with Crippen LogP contribution >= 0.6 is 34.8 Å². The summed E-state index contributed by atoms with van der Waals surface area (Å²) < 4.78 is 67.0. The van der Waals surface area contributed by atoms with Crippen molar-refractivity contribution in [2.45, 2.75) is 39.0 Å². The van der Waals surface area contributed by atoms with Crippen LogP contribution in [0.3, 0.4) is 0 Å². The lowest BCUT2D eigenvalue weighted by molar-refractivity contribution is -0.140. The predicted molar refractivity (Wildman–Crippen MR) is 167 cm³/mol. The first kappa shape index (κ1) is 35.5. The number of amides is 2. The number of sulfonamides is 1. The topological polar surface area (TPSA) is 86.8 Å². The Labute approximate surface area is 269 Å². The molecular weight excluding hydrogens is 662 g/mol. The Kier molecular flexibility index (Phi) is 12.0. The van der Waals surface area contributed by atoms with E-state index in [0.29, 0.717) is 27.6 Å². The molecule has 1 N–H and O–H groups in total. The molecule has 0 aliphatic carbocycles. The standard InChI is InChI=1S/C30H31Cl3F3N3O4S/c1-19(2)16-37-29(41)27(14-20-8-5-4-6-9-20)38(17-22-23(31)10-7-11-24(22)32)28(40)18-39(44(3,42)43)26-15-21(30(34,35)36)12-13-25(26)33/h4-13,15,19,27H,14,16-18H2,1-3H3,(H,37,41)/t27-/m0/s1. The first-order valence-electron chi connectivity index (χ1n) is 13.4. The molecule has 3 aromatic rings. The summed E-state index contributed by atoms with van der Waals surface area (Å²) in [6.07, 6.45) is -4.04. The summed E-state index contributed by atoms with van der Waals surface area (Å²) in [5.41, 5.74) is -0.715. The Morgan fingerprint density at radius 2 is 1.52 bits per heavy atom. The third-order valence-electron chi connectivity index (χ3n) is 6.57. The third kappa shape index (κ3) is 9.50. The molecule has 0 heterocycles. The van der Waals surface area contributed by atoms with Crippen molar-refractivity contribution < 1.29 is 31.2 Å². The van der Waals surface area contributed by atoms with E-state index >= 15 is 0 Å². The van der Waals surface area contributed by atoms with Gasteiger partial charge >= 0.3 is 6.18 Å². The van der Waals surface area contributed by atoms with E-state index in [1.54, 1.807) is 48.5 Å². The molecule has 3 aromatic carbocycles. The van der Waals surface area contributed by atoms with Gasteiger partial charge in [0.25, 0.3) is 0 Å². The lowest BCUT2D eigenvalue weighted by atomic mass is 10.0. The maximum absolute atomic E-state index is 14.2. The molecule has 0 saturated heterocycles. The molecule has 3 rings (SSSR count). The second-order valence-corrected chi connectivity index (χ2v) is 13.6. The minimum atomic E-state index is -4.81. The number of benzene rings is 3. The molecular formula is C30H31Cl3F3N3O4S. The molecule has 0 saturated carbocycles. The second kappa shape index (κ2) is 14.9. The van der Waals surface area contributed by atoms with E-state index in [9.17, 15) is 31.2 Å². The first-order valence-corrected chi connectivity index (χ1v) is 16.4. The second-order valence-electron chi connectivity index (χ2n) is 10.5. The van der Waals surface area contributed by atoms with Crippen LogP contribution in [0.4, 0.5) is 18.9 Å². The summed E-state index contributed by atoms with van der Waals surface area (Å²) in [5.74, 6) is -1.36. The van der Waals surface area contributed by atoms with Crippen molar-refractivity contribution >= 4 is 62.3 Å². The van der Waals surface area contributed by atoms with E-state index in [4.69, 9.17) is 34.8 Å². The van der Waals surface area contributed by atoms with Gasteiger partial charge in [0, 0.05) is 35.1 Å². The maximum atomic E-state index is 14.2. The summed E-state index contributed by atoms with van der Waals surface area (Å²) in [6, 6.07) is 14.5. The van der Waals surface area contributed by atoms with Crippen LogP contribution in [-0.2, 0) is 38.8 Å². The lowest BCUT2D eigenvalue weighted by Gasteiger charge is -2.34. The molecule has 0 fully saturated rings. The molecule has 2 amide bonds. The van der Waals surface area contributed by atoms with Crippen molar-refractivity contribution in [2.24, 2.45) is 5.92 Å². The number of carbonyl (C=O) groups is 2. The fourth-order valence-electron chi connectivity index (χ4n) is 4.31. The molecule has 0 unspecified atom stereocenters. The van der Waals surface area contributed by atoms with E-state index in [1.807, 2.05) is 13.8 Å². The zero-order chi connectivity index (χ0) is 32.8. The monoisotopic (exact) mass is 691 g/mol. The average molecular weight is 693 g/mol. The molecule has 1 atom stereocenters. The summed E-state index contributed by atoms with van der Waals surface area (Å²) in [7, 11) is -4.37. The van der Waals surface area contributed by atoms with Crippen LogP contribution in [0, 0.1) is 5.92 Å². The molecule has 0 bridgehead atoms. The van der Waals surface area contributed by atoms with E-state index in [2.05, 4.69) is 5.32 Å². The molecule has 0 spiro atoms. The highest BCUT2D eigenvalue weighted by Gasteiger charge is 2.36. The van der Waals surface area contributed by atoms with Crippen molar-refractivity contribution in [3.05, 3.63) is 98.5 Å². The van der Waals surface area contributed by atoms with Gasteiger partial charge in [-0.1, -0.05) is 85.0 Å². The number of nitrogens with one attached hydrogen (secondary N) is 1. The van der Waals surface area contributed by atoms with E-state index in [0.717, 1.165) is 17.2 Å². The van der Waals surface area contributed by atoms with Gasteiger partial charge in [-0.15, -0.1) is 0 Å². The number of nitrogens with zero attached hydrogens (tertiary/aromatic N) is 2. The van der Waals surface area contributed by atoms with Crippen LogP contribution in [0.5, 0.6) is 0 Å². The number of hydrogen-bond acceptors (Lipinski definition) is 4. The quantitative estimate of drug-likeness (QED) is 0.225. The van der Waals surface area contributed by atoms with Crippen molar-refractivity contribution in [2.75, 3.05) is 23.7 Å². The minimum absolute atomic E-state index is 0.0295. The largest absolute Gasteiger partial charge is 0.416 e. The molecule has 0 radical (unpaired) electrons. The van der Waals surface area contributed by atoms with Crippen LogP contribution in [0.25, 0.3) is 0 Å². The van der Waals surface area contributed by atoms with Crippen molar-refractivity contribution in [1.82, 2.24) is 10.2 Å². The van der Waals surface area contributed by atoms with Crippen molar-refractivity contribution in [1.29, 1.82) is 0 Å². The highest BCUT2D eigenvalue weighted by molar-refractivity contribution is 7.92. The smallest absolute Gasteiger partial charge is 0.354 e. The fraction of sp³-hybridized carbons (Fsp3) is 0.333. The zero-order valence-corrected chi connectivity index (χ0v) is 27.1. The van der Waals surface area contributed by atoms with Crippen molar-refractivity contribution in [3.63, 3.8) is 0 Å². The number of anilines is 1. The van der Waals surface area contributed by atoms with Crippen LogP contribution in [0.2, 0.25) is 15.1 Å². The SMILES string of the molecule is CC(C)CNC(=O)[C@H](Cc1ccccc1)N(Cc1c(Cl)cccc1Cl)C(=O)CN(c1cc(C(F)(F)F)ccc1Cl)S(C)(=O)=O. The van der Waals surface area contributed by atoms with E-state index in [-0.39, 0.29) is 40.5 Å². The number of halogens is 6. The van der Waals surface area contributed by atoms with Gasteiger partial charge in [0.05, 0.1) is 22.5 Å². The Bertz CT molecular complexity index is 1570. The number of hydrogen-bond donors (Lipinski definition) is 1. The number of carbonyl (C=O) groups excluding carboxylic acids is 2. The van der Waals surface area contributed by atoms with Crippen LogP contribution in [-0.4, -0.2) is 50.5 Å². The molecule has 238 valence electrons. The minimum Gasteiger partial charge on any atom is -0.354 e. The summed E-state index contributed by atoms with van der Waals surface area (Å²) in [4.78, 5) is 29.0. The summed E-state index contributed by atoms with van der Waals surface area (Å²) in [6.45, 7) is 2.79. The van der Waals surface area contributed by atoms with E-state index in [1.165, 1.54) is 0 Å². The van der Waals surface area contributed by atoms with Gasteiger partial charge in [0.1, 0.15) is 12.6 Å². The fourth-order valence-corrected chi connectivity index (χ4v) is 5.95. The molecule has 0 aromatic heterocycles. The highest BCUT2D eigenvalue weighted by atomic mass is 35.5. The van der Waals surface area contributed by atoms with Gasteiger partial charge in [0.2, 0.25) is 21.8 Å². The normalized spacial score (nSPS) is 12.6. The van der Waals surface area contributed by atoms with Gasteiger partial charge in [0.15, 0.2) is 0 Å². The molecule has 7 nitrogen and oxygen atoms in total. The van der Waals surface area contributed by atoms with Gasteiger partial charge in [-0.25, -0.2) is 8.42 Å². The Hall–Kier alpha value is -2.99. The Morgan fingerprint density at radius 3 is 2.07 bits per heavy atom. The van der Waals surface area contributed by atoms with Crippen LogP contribution in [0.15, 0.2) is 66.7 Å². The molecule has 14 heteroatoms. The Morgan fingerprint density at radius 1 is 0.909 bits per heavy atom. The molecule has 0 aliphatic heterocycles. The first-order chi connectivity index (χ1) is 20.5. The maximum Gasteiger partial charge on any atom is 0.416 e. The number of alkyl halides is 3.